The average Bonchev–Trinajstić information content (AvgIpc) is 2.80. The highest BCUT2D eigenvalue weighted by atomic mass is 32.1. The van der Waals surface area contributed by atoms with Crippen LogP contribution < -0.4 is 15.4 Å². The number of anilines is 1. The Labute approximate surface area is 189 Å². The molecule has 1 fully saturated rings. The minimum absolute atomic E-state index is 0.0217. The molecular weight excluding hydrogens is 410 g/mol. The van der Waals surface area contributed by atoms with E-state index in [2.05, 4.69) is 17.6 Å². The van der Waals surface area contributed by atoms with E-state index >= 15 is 0 Å². The Morgan fingerprint density at radius 1 is 1.00 bits per heavy atom. The first-order valence-electron chi connectivity index (χ1n) is 10.8. The van der Waals surface area contributed by atoms with Crippen molar-refractivity contribution in [3.8, 4) is 5.75 Å². The van der Waals surface area contributed by atoms with Crippen LogP contribution in [0.4, 0.5) is 5.69 Å². The number of hydrogen-bond acceptors (Lipinski definition) is 4. The summed E-state index contributed by atoms with van der Waals surface area (Å²) in [5.41, 5.74) is 1.54. The van der Waals surface area contributed by atoms with Crippen molar-refractivity contribution in [3.05, 3.63) is 59.7 Å². The van der Waals surface area contributed by atoms with Gasteiger partial charge in [-0.3, -0.25) is 14.9 Å². The predicted octanol–water partition coefficient (Wildman–Crippen LogP) is 4.62. The van der Waals surface area contributed by atoms with Gasteiger partial charge in [0.1, 0.15) is 5.75 Å². The number of piperidine rings is 1. The summed E-state index contributed by atoms with van der Waals surface area (Å²) in [7, 11) is 0. The van der Waals surface area contributed by atoms with Crippen LogP contribution >= 0.6 is 12.2 Å². The molecule has 1 heterocycles. The number of unbranched alkanes of at least 4 members (excludes halogenated alkanes) is 1. The van der Waals surface area contributed by atoms with Crippen LogP contribution in [0.1, 0.15) is 59.7 Å². The highest BCUT2D eigenvalue weighted by Crippen LogP contribution is 2.21. The number of carbonyl (C=O) groups excluding carboxylic acids is 2. The Kier molecular flexibility index (Phi) is 8.41. The summed E-state index contributed by atoms with van der Waals surface area (Å²) in [6, 6.07) is 14.3. The molecule has 0 atom stereocenters. The van der Waals surface area contributed by atoms with Crippen molar-refractivity contribution in [3.63, 3.8) is 0 Å². The first-order valence-corrected chi connectivity index (χ1v) is 11.2. The van der Waals surface area contributed by atoms with E-state index < -0.39 is 0 Å². The van der Waals surface area contributed by atoms with Gasteiger partial charge in [0, 0.05) is 13.1 Å². The molecule has 2 aromatic rings. The van der Waals surface area contributed by atoms with Crippen LogP contribution in [0.2, 0.25) is 0 Å². The van der Waals surface area contributed by atoms with Gasteiger partial charge >= 0.3 is 0 Å². The largest absolute Gasteiger partial charge is 0.493 e. The second-order valence-corrected chi connectivity index (χ2v) is 7.91. The van der Waals surface area contributed by atoms with Crippen LogP contribution in [0.25, 0.3) is 0 Å². The van der Waals surface area contributed by atoms with E-state index in [9.17, 15) is 9.59 Å². The average molecular weight is 440 g/mol. The lowest BCUT2D eigenvalue weighted by Gasteiger charge is -2.27. The Hall–Kier alpha value is -2.93. The molecule has 1 saturated heterocycles. The SMILES string of the molecule is CCCCOc1ccccc1C(=O)NC(=S)Nc1ccccc1C(=O)N1CCCCC1. The number of hydrogen-bond donors (Lipinski definition) is 2. The van der Waals surface area contributed by atoms with Gasteiger partial charge in [0.25, 0.3) is 11.8 Å². The number of ether oxygens (including phenoxy) is 1. The third-order valence-electron chi connectivity index (χ3n) is 5.16. The van der Waals surface area contributed by atoms with Gasteiger partial charge in [-0.1, -0.05) is 37.6 Å². The molecule has 6 nitrogen and oxygen atoms in total. The van der Waals surface area contributed by atoms with E-state index in [1.807, 2.05) is 23.1 Å². The Morgan fingerprint density at radius 2 is 1.68 bits per heavy atom. The second-order valence-electron chi connectivity index (χ2n) is 7.50. The Bertz CT molecular complexity index is 926. The molecule has 2 amide bonds. The smallest absolute Gasteiger partial charge is 0.261 e. The van der Waals surface area contributed by atoms with E-state index in [0.29, 0.717) is 29.2 Å². The lowest BCUT2D eigenvalue weighted by atomic mass is 10.1. The van der Waals surface area contributed by atoms with Crippen LogP contribution in [0.3, 0.4) is 0 Å². The molecule has 0 aliphatic carbocycles. The number of thiocarbonyl (C=S) groups is 1. The van der Waals surface area contributed by atoms with Gasteiger partial charge in [-0.05, 0) is 62.2 Å². The molecule has 164 valence electrons. The van der Waals surface area contributed by atoms with Gasteiger partial charge in [0.2, 0.25) is 0 Å². The number of likely N-dealkylation sites (tertiary alicyclic amines) is 1. The molecule has 1 aliphatic heterocycles. The van der Waals surface area contributed by atoms with E-state index in [0.717, 1.165) is 45.2 Å². The third kappa shape index (κ3) is 6.28. The van der Waals surface area contributed by atoms with Gasteiger partial charge in [0.05, 0.1) is 23.4 Å². The zero-order valence-electron chi connectivity index (χ0n) is 17.9. The number of nitrogens with zero attached hydrogens (tertiary/aromatic N) is 1. The molecule has 2 aromatic carbocycles. The van der Waals surface area contributed by atoms with Crippen molar-refractivity contribution in [2.75, 3.05) is 25.0 Å². The molecule has 0 saturated carbocycles. The summed E-state index contributed by atoms with van der Waals surface area (Å²) in [6.07, 6.45) is 5.13. The summed E-state index contributed by atoms with van der Waals surface area (Å²) in [5, 5.41) is 5.84. The molecule has 1 aliphatic rings. The number of rotatable bonds is 7. The maximum absolute atomic E-state index is 13.0. The molecular formula is C24H29N3O3S. The summed E-state index contributed by atoms with van der Waals surface area (Å²) < 4.78 is 5.74. The molecule has 3 rings (SSSR count). The summed E-state index contributed by atoms with van der Waals surface area (Å²) >= 11 is 5.36. The fourth-order valence-electron chi connectivity index (χ4n) is 3.48. The summed E-state index contributed by atoms with van der Waals surface area (Å²) in [6.45, 7) is 4.17. The molecule has 0 aromatic heterocycles. The van der Waals surface area contributed by atoms with E-state index in [1.54, 1.807) is 30.3 Å². The van der Waals surface area contributed by atoms with Crippen LogP contribution in [-0.2, 0) is 0 Å². The quantitative estimate of drug-likeness (QED) is 0.487. The normalized spacial score (nSPS) is 13.4. The molecule has 7 heteroatoms. The standard InChI is InChI=1S/C24H29N3O3S/c1-2-3-17-30-21-14-8-6-12-19(21)22(28)26-24(31)25-20-13-7-5-11-18(20)23(29)27-15-9-4-10-16-27/h5-8,11-14H,2-4,9-10,15-17H2,1H3,(H2,25,26,28,31). The monoisotopic (exact) mass is 439 g/mol. The Balaban J connectivity index is 1.66. The van der Waals surface area contributed by atoms with E-state index in [4.69, 9.17) is 17.0 Å². The van der Waals surface area contributed by atoms with Gasteiger partial charge in [-0.2, -0.15) is 0 Å². The van der Waals surface area contributed by atoms with Crippen LogP contribution in [0.5, 0.6) is 5.75 Å². The lowest BCUT2D eigenvalue weighted by molar-refractivity contribution is 0.0725. The number of para-hydroxylation sites is 2. The van der Waals surface area contributed by atoms with Gasteiger partial charge in [-0.25, -0.2) is 0 Å². The van der Waals surface area contributed by atoms with Crippen molar-refractivity contribution < 1.29 is 14.3 Å². The fourth-order valence-corrected chi connectivity index (χ4v) is 3.68. The highest BCUT2D eigenvalue weighted by molar-refractivity contribution is 7.80. The number of carbonyl (C=O) groups is 2. The van der Waals surface area contributed by atoms with Gasteiger partial charge in [-0.15, -0.1) is 0 Å². The zero-order chi connectivity index (χ0) is 22.1. The van der Waals surface area contributed by atoms with Crippen LogP contribution in [-0.4, -0.2) is 41.5 Å². The van der Waals surface area contributed by atoms with Gasteiger partial charge in [0.15, 0.2) is 5.11 Å². The fraction of sp³-hybridized carbons (Fsp3) is 0.375. The second kappa shape index (κ2) is 11.5. The lowest BCUT2D eigenvalue weighted by Crippen LogP contribution is -2.37. The molecule has 0 bridgehead atoms. The van der Waals surface area contributed by atoms with Crippen molar-refractivity contribution in [1.82, 2.24) is 10.2 Å². The van der Waals surface area contributed by atoms with Crippen LogP contribution in [0.15, 0.2) is 48.5 Å². The van der Waals surface area contributed by atoms with Crippen molar-refractivity contribution >= 4 is 34.8 Å². The molecule has 0 spiro atoms. The number of nitrogens with one attached hydrogen (secondary N) is 2. The minimum Gasteiger partial charge on any atom is -0.493 e. The first-order chi connectivity index (χ1) is 15.1. The molecule has 2 N–H and O–H groups in total. The van der Waals surface area contributed by atoms with E-state index in [1.165, 1.54) is 0 Å². The predicted molar refractivity (Wildman–Crippen MR) is 127 cm³/mol. The summed E-state index contributed by atoms with van der Waals surface area (Å²) in [5.74, 6) is 0.146. The van der Waals surface area contributed by atoms with Crippen LogP contribution in [0, 0.1) is 0 Å². The minimum atomic E-state index is -0.357. The zero-order valence-corrected chi connectivity index (χ0v) is 18.7. The van der Waals surface area contributed by atoms with E-state index in [-0.39, 0.29) is 16.9 Å². The van der Waals surface area contributed by atoms with Crippen molar-refractivity contribution in [2.24, 2.45) is 0 Å². The van der Waals surface area contributed by atoms with Gasteiger partial charge < -0.3 is 15.0 Å². The third-order valence-corrected chi connectivity index (χ3v) is 5.37. The topological polar surface area (TPSA) is 70.7 Å². The maximum atomic E-state index is 13.0. The highest BCUT2D eigenvalue weighted by Gasteiger charge is 2.21. The van der Waals surface area contributed by atoms with Crippen molar-refractivity contribution in [1.29, 1.82) is 0 Å². The molecule has 31 heavy (non-hydrogen) atoms. The summed E-state index contributed by atoms with van der Waals surface area (Å²) in [4.78, 5) is 27.6. The van der Waals surface area contributed by atoms with Crippen molar-refractivity contribution in [2.45, 2.75) is 39.0 Å². The molecule has 0 radical (unpaired) electrons. The first kappa shape index (κ1) is 22.7. The number of amides is 2. The number of benzene rings is 2. The Morgan fingerprint density at radius 3 is 2.42 bits per heavy atom. The maximum Gasteiger partial charge on any atom is 0.261 e. The molecule has 0 unspecified atom stereocenters.